The molecule has 2 heterocycles. The monoisotopic (exact) mass is 251 g/mol. The first-order valence-corrected chi connectivity index (χ1v) is 5.76. The van der Waals surface area contributed by atoms with Crippen LogP contribution < -0.4 is 10.6 Å². The Morgan fingerprint density at radius 1 is 1.56 bits per heavy atom. The number of rotatable bonds is 2. The molecule has 2 rings (SSSR count). The maximum atomic E-state index is 8.66. The van der Waals surface area contributed by atoms with E-state index in [0.29, 0.717) is 19.7 Å². The number of nitrogens with two attached hydrogens (primary N) is 1. The Balaban J connectivity index is 2.15. The Hall–Kier alpha value is -1.89. The minimum Gasteiger partial charge on any atom is -0.409 e. The number of oxime groups is 1. The van der Waals surface area contributed by atoms with Crippen molar-refractivity contribution in [3.63, 3.8) is 0 Å². The molecule has 1 aliphatic rings. The lowest BCUT2D eigenvalue weighted by Crippen LogP contribution is -2.48. The Morgan fingerprint density at radius 2 is 2.33 bits per heavy atom. The summed E-state index contributed by atoms with van der Waals surface area (Å²) in [7, 11) is 0. The number of morpholine rings is 1. The third kappa shape index (κ3) is 2.51. The summed E-state index contributed by atoms with van der Waals surface area (Å²) in [6.45, 7) is 5.58. The number of anilines is 1. The smallest absolute Gasteiger partial charge is 0.170 e. The predicted octanol–water partition coefficient (Wildman–Crippen LogP) is 0.0450. The number of ether oxygens (including phenoxy) is 1. The molecular formula is C11H17N5O2. The van der Waals surface area contributed by atoms with Gasteiger partial charge in [0, 0.05) is 6.54 Å². The molecule has 0 saturated carbocycles. The zero-order valence-electron chi connectivity index (χ0n) is 10.5. The van der Waals surface area contributed by atoms with Crippen LogP contribution in [0.4, 0.5) is 5.82 Å². The summed E-state index contributed by atoms with van der Waals surface area (Å²) < 4.78 is 5.43. The summed E-state index contributed by atoms with van der Waals surface area (Å²) >= 11 is 0. The van der Waals surface area contributed by atoms with Gasteiger partial charge in [0.05, 0.1) is 30.7 Å². The molecule has 1 unspecified atom stereocenters. The molecule has 1 aromatic heterocycles. The van der Waals surface area contributed by atoms with Crippen LogP contribution in [0.1, 0.15) is 11.4 Å². The average molecular weight is 251 g/mol. The molecule has 7 heteroatoms. The topological polar surface area (TPSA) is 96.9 Å². The highest BCUT2D eigenvalue weighted by Gasteiger charge is 2.25. The van der Waals surface area contributed by atoms with Crippen LogP contribution in [-0.4, -0.2) is 46.8 Å². The third-order valence-corrected chi connectivity index (χ3v) is 3.02. The maximum Gasteiger partial charge on any atom is 0.170 e. The van der Waals surface area contributed by atoms with Gasteiger partial charge in [-0.25, -0.2) is 4.98 Å². The van der Waals surface area contributed by atoms with E-state index in [1.807, 2.05) is 18.7 Å². The molecule has 3 N–H and O–H groups in total. The first-order chi connectivity index (χ1) is 8.61. The highest BCUT2D eigenvalue weighted by atomic mass is 16.5. The Labute approximate surface area is 105 Å². The summed E-state index contributed by atoms with van der Waals surface area (Å²) in [6.07, 6.45) is 1.32. The van der Waals surface area contributed by atoms with Gasteiger partial charge in [0.15, 0.2) is 5.84 Å². The first kappa shape index (κ1) is 12.6. The van der Waals surface area contributed by atoms with Crippen molar-refractivity contribution >= 4 is 11.7 Å². The van der Waals surface area contributed by atoms with Gasteiger partial charge in [0.1, 0.15) is 11.9 Å². The highest BCUT2D eigenvalue weighted by Crippen LogP contribution is 2.15. The molecule has 1 aromatic rings. The number of aryl methyl sites for hydroxylation is 2. The minimum atomic E-state index is -0.410. The first-order valence-electron chi connectivity index (χ1n) is 5.76. The van der Waals surface area contributed by atoms with Crippen LogP contribution in [0, 0.1) is 13.8 Å². The molecule has 0 aromatic carbocycles. The van der Waals surface area contributed by atoms with Crippen molar-refractivity contribution in [2.75, 3.05) is 24.6 Å². The molecule has 98 valence electrons. The largest absolute Gasteiger partial charge is 0.409 e. The minimum absolute atomic E-state index is 0.0801. The van der Waals surface area contributed by atoms with Crippen LogP contribution in [-0.2, 0) is 4.74 Å². The fraction of sp³-hybridized carbons (Fsp3) is 0.545. The lowest BCUT2D eigenvalue weighted by Gasteiger charge is -2.32. The van der Waals surface area contributed by atoms with Crippen LogP contribution in [0.5, 0.6) is 0 Å². The van der Waals surface area contributed by atoms with Crippen molar-refractivity contribution in [3.05, 3.63) is 17.6 Å². The molecule has 1 saturated heterocycles. The van der Waals surface area contributed by atoms with Crippen molar-refractivity contribution in [2.24, 2.45) is 10.9 Å². The molecule has 0 amide bonds. The quantitative estimate of drug-likeness (QED) is 0.333. The molecule has 1 aliphatic heterocycles. The van der Waals surface area contributed by atoms with Crippen molar-refractivity contribution in [1.29, 1.82) is 0 Å². The number of aromatic nitrogens is 2. The molecule has 18 heavy (non-hydrogen) atoms. The van der Waals surface area contributed by atoms with Crippen LogP contribution in [0.3, 0.4) is 0 Å². The molecular weight excluding hydrogens is 234 g/mol. The van der Waals surface area contributed by atoms with Gasteiger partial charge in [-0.05, 0) is 13.8 Å². The van der Waals surface area contributed by atoms with Gasteiger partial charge >= 0.3 is 0 Å². The Kier molecular flexibility index (Phi) is 3.61. The van der Waals surface area contributed by atoms with Gasteiger partial charge in [0.2, 0.25) is 0 Å². The van der Waals surface area contributed by atoms with E-state index in [1.165, 1.54) is 0 Å². The molecule has 7 nitrogen and oxygen atoms in total. The lowest BCUT2D eigenvalue weighted by atomic mass is 10.2. The van der Waals surface area contributed by atoms with Crippen molar-refractivity contribution in [3.8, 4) is 0 Å². The molecule has 1 atom stereocenters. The van der Waals surface area contributed by atoms with Gasteiger partial charge in [-0.1, -0.05) is 5.16 Å². The second-order valence-corrected chi connectivity index (χ2v) is 4.23. The van der Waals surface area contributed by atoms with Gasteiger partial charge in [-0.2, -0.15) is 0 Å². The van der Waals surface area contributed by atoms with Crippen LogP contribution in [0.2, 0.25) is 0 Å². The average Bonchev–Trinajstić information content (AvgIpc) is 2.41. The summed E-state index contributed by atoms with van der Waals surface area (Å²) in [5, 5.41) is 11.6. The summed E-state index contributed by atoms with van der Waals surface area (Å²) in [4.78, 5) is 10.8. The van der Waals surface area contributed by atoms with E-state index in [9.17, 15) is 0 Å². The summed E-state index contributed by atoms with van der Waals surface area (Å²) in [6, 6.07) is 0. The maximum absolute atomic E-state index is 8.66. The number of hydrogen-bond acceptors (Lipinski definition) is 6. The number of hydrogen-bond donors (Lipinski definition) is 2. The number of amidine groups is 1. The van der Waals surface area contributed by atoms with Crippen molar-refractivity contribution < 1.29 is 9.94 Å². The SMILES string of the molecule is Cc1ncc(N2CCOC(C(N)=NO)C2)nc1C. The Morgan fingerprint density at radius 3 is 3.00 bits per heavy atom. The second kappa shape index (κ2) is 5.18. The van der Waals surface area contributed by atoms with Crippen LogP contribution in [0.15, 0.2) is 11.4 Å². The molecule has 0 radical (unpaired) electrons. The molecule has 0 bridgehead atoms. The molecule has 0 aliphatic carbocycles. The third-order valence-electron chi connectivity index (χ3n) is 3.02. The zero-order chi connectivity index (χ0) is 13.1. The van der Waals surface area contributed by atoms with Crippen LogP contribution >= 0.6 is 0 Å². The fourth-order valence-corrected chi connectivity index (χ4v) is 1.78. The Bertz CT molecular complexity index is 463. The van der Waals surface area contributed by atoms with E-state index in [0.717, 1.165) is 17.2 Å². The molecule has 0 spiro atoms. The summed E-state index contributed by atoms with van der Waals surface area (Å²) in [5.41, 5.74) is 7.37. The lowest BCUT2D eigenvalue weighted by molar-refractivity contribution is 0.0803. The van der Waals surface area contributed by atoms with Crippen molar-refractivity contribution in [2.45, 2.75) is 20.0 Å². The second-order valence-electron chi connectivity index (χ2n) is 4.23. The normalized spacial score (nSPS) is 21.1. The zero-order valence-corrected chi connectivity index (χ0v) is 10.5. The number of nitrogens with zero attached hydrogens (tertiary/aromatic N) is 4. The van der Waals surface area contributed by atoms with E-state index >= 15 is 0 Å². The predicted molar refractivity (Wildman–Crippen MR) is 66.9 cm³/mol. The highest BCUT2D eigenvalue weighted by molar-refractivity contribution is 5.85. The summed E-state index contributed by atoms with van der Waals surface area (Å²) in [5.74, 6) is 0.869. The van der Waals surface area contributed by atoms with E-state index in [4.69, 9.17) is 15.7 Å². The van der Waals surface area contributed by atoms with Crippen LogP contribution in [0.25, 0.3) is 0 Å². The van der Waals surface area contributed by atoms with E-state index < -0.39 is 6.10 Å². The van der Waals surface area contributed by atoms with Gasteiger partial charge in [-0.15, -0.1) is 0 Å². The van der Waals surface area contributed by atoms with Crippen molar-refractivity contribution in [1.82, 2.24) is 9.97 Å². The standard InChI is InChI=1S/C11H17N5O2/c1-7-8(2)14-10(5-13-7)16-3-4-18-9(6-16)11(12)15-17/h5,9,17H,3-4,6H2,1-2H3,(H2,12,15). The van der Waals surface area contributed by atoms with E-state index in [1.54, 1.807) is 6.20 Å². The fourth-order valence-electron chi connectivity index (χ4n) is 1.78. The van der Waals surface area contributed by atoms with Gasteiger partial charge < -0.3 is 20.6 Å². The molecule has 1 fully saturated rings. The van der Waals surface area contributed by atoms with Gasteiger partial charge in [0.25, 0.3) is 0 Å². The van der Waals surface area contributed by atoms with Gasteiger partial charge in [-0.3, -0.25) is 4.98 Å². The van der Waals surface area contributed by atoms with E-state index in [2.05, 4.69) is 15.1 Å². The van der Waals surface area contributed by atoms with E-state index in [-0.39, 0.29) is 5.84 Å².